The van der Waals surface area contributed by atoms with E-state index in [2.05, 4.69) is 21.7 Å². The van der Waals surface area contributed by atoms with Crippen molar-refractivity contribution in [1.29, 1.82) is 0 Å². The van der Waals surface area contributed by atoms with Gasteiger partial charge in [-0.25, -0.2) is 0 Å². The number of hydrogen-bond acceptors (Lipinski definition) is 3. The number of allylic oxidation sites excluding steroid dienone is 1. The molecule has 0 radical (unpaired) electrons. The van der Waals surface area contributed by atoms with Crippen LogP contribution in [0.2, 0.25) is 0 Å². The van der Waals surface area contributed by atoms with Crippen molar-refractivity contribution < 1.29 is 18.0 Å². The summed E-state index contributed by atoms with van der Waals surface area (Å²) in [5.41, 5.74) is 4.09. The third kappa shape index (κ3) is 4.34. The Morgan fingerprint density at radius 1 is 1.16 bits per heavy atom. The largest absolute Gasteiger partial charge is 0.416 e. The van der Waals surface area contributed by atoms with Crippen LogP contribution in [0.4, 0.5) is 13.2 Å². The Balaban J connectivity index is 1.44. The maximum absolute atomic E-state index is 13.2. The summed E-state index contributed by atoms with van der Waals surface area (Å²) < 4.78 is 39.5. The molecular weight excluding hydrogens is 405 g/mol. The Hall–Kier alpha value is -2.77. The fourth-order valence-corrected chi connectivity index (χ4v) is 4.60. The lowest BCUT2D eigenvalue weighted by molar-refractivity contribution is -0.137. The molecule has 0 aliphatic carbocycles. The van der Waals surface area contributed by atoms with Crippen molar-refractivity contribution in [3.05, 3.63) is 64.1 Å². The quantitative estimate of drug-likeness (QED) is 0.768. The van der Waals surface area contributed by atoms with Gasteiger partial charge in [0.25, 0.3) is 5.91 Å². The normalized spacial score (nSPS) is 17.6. The second-order valence-electron chi connectivity index (χ2n) is 8.63. The Labute approximate surface area is 179 Å². The number of carbonyl (C=O) groups excluding carboxylic acids is 1. The SMILES string of the molecule is C=C(C)N1CCc2c(C(=O)N3CCC(c4cc(C)cc(C(F)(F)F)c4)CC3)n[nH]c2C1. The van der Waals surface area contributed by atoms with Gasteiger partial charge < -0.3 is 9.80 Å². The molecule has 5 nitrogen and oxygen atoms in total. The van der Waals surface area contributed by atoms with Crippen molar-refractivity contribution >= 4 is 5.91 Å². The number of alkyl halides is 3. The molecule has 0 spiro atoms. The molecular formula is C23H27F3N4O. The highest BCUT2D eigenvalue weighted by molar-refractivity contribution is 5.94. The topological polar surface area (TPSA) is 52.2 Å². The summed E-state index contributed by atoms with van der Waals surface area (Å²) in [6.45, 7) is 10.1. The summed E-state index contributed by atoms with van der Waals surface area (Å²) in [4.78, 5) is 17.0. The Morgan fingerprint density at radius 3 is 2.52 bits per heavy atom. The molecule has 166 valence electrons. The van der Waals surface area contributed by atoms with E-state index in [9.17, 15) is 18.0 Å². The minimum atomic E-state index is -4.35. The van der Waals surface area contributed by atoms with E-state index in [4.69, 9.17) is 0 Å². The third-order valence-electron chi connectivity index (χ3n) is 6.36. The summed E-state index contributed by atoms with van der Waals surface area (Å²) >= 11 is 0. The van der Waals surface area contributed by atoms with E-state index in [-0.39, 0.29) is 11.8 Å². The van der Waals surface area contributed by atoms with Crippen LogP contribution in [0, 0.1) is 6.92 Å². The number of amides is 1. The van der Waals surface area contributed by atoms with Gasteiger partial charge in [0.1, 0.15) is 0 Å². The van der Waals surface area contributed by atoms with E-state index < -0.39 is 11.7 Å². The number of aryl methyl sites for hydroxylation is 1. The van der Waals surface area contributed by atoms with Gasteiger partial charge in [0.15, 0.2) is 5.69 Å². The number of hydrogen-bond donors (Lipinski definition) is 1. The van der Waals surface area contributed by atoms with Gasteiger partial charge in [0.05, 0.1) is 17.8 Å². The molecule has 0 unspecified atom stereocenters. The molecule has 1 aromatic heterocycles. The Morgan fingerprint density at radius 2 is 1.87 bits per heavy atom. The molecule has 8 heteroatoms. The minimum absolute atomic E-state index is 0.0160. The summed E-state index contributed by atoms with van der Waals surface area (Å²) in [6.07, 6.45) is -2.33. The smallest absolute Gasteiger partial charge is 0.369 e. The average Bonchev–Trinajstić information content (AvgIpc) is 3.15. The first-order chi connectivity index (χ1) is 14.6. The van der Waals surface area contributed by atoms with Crippen molar-refractivity contribution in [3.8, 4) is 0 Å². The molecule has 3 heterocycles. The molecule has 1 fully saturated rings. The number of nitrogens with one attached hydrogen (secondary N) is 1. The number of halogens is 3. The number of benzene rings is 1. The van der Waals surface area contributed by atoms with Gasteiger partial charge in [0.2, 0.25) is 0 Å². The first-order valence-corrected chi connectivity index (χ1v) is 10.6. The van der Waals surface area contributed by atoms with E-state index in [0.717, 1.165) is 29.9 Å². The molecule has 1 N–H and O–H groups in total. The van der Waals surface area contributed by atoms with Gasteiger partial charge in [0, 0.05) is 30.9 Å². The van der Waals surface area contributed by atoms with E-state index in [1.165, 1.54) is 12.1 Å². The molecule has 2 aliphatic heterocycles. The number of H-pyrrole nitrogens is 1. The zero-order chi connectivity index (χ0) is 22.3. The lowest BCUT2D eigenvalue weighted by atomic mass is 9.87. The second kappa shape index (κ2) is 8.05. The first-order valence-electron chi connectivity index (χ1n) is 10.6. The fourth-order valence-electron chi connectivity index (χ4n) is 4.60. The van der Waals surface area contributed by atoms with E-state index in [1.54, 1.807) is 11.8 Å². The van der Waals surface area contributed by atoms with Gasteiger partial charge in [-0.15, -0.1) is 0 Å². The highest BCUT2D eigenvalue weighted by atomic mass is 19.4. The predicted octanol–water partition coefficient (Wildman–Crippen LogP) is 4.65. The second-order valence-corrected chi connectivity index (χ2v) is 8.63. The van der Waals surface area contributed by atoms with Crippen LogP contribution in [-0.2, 0) is 19.1 Å². The first kappa shape index (κ1) is 21.5. The van der Waals surface area contributed by atoms with Crippen LogP contribution in [0.25, 0.3) is 0 Å². The molecule has 2 aromatic rings. The molecule has 1 aromatic carbocycles. The molecule has 0 saturated carbocycles. The third-order valence-corrected chi connectivity index (χ3v) is 6.36. The number of aromatic nitrogens is 2. The number of nitrogens with zero attached hydrogens (tertiary/aromatic N) is 3. The maximum atomic E-state index is 13.2. The Kier molecular flexibility index (Phi) is 5.58. The van der Waals surface area contributed by atoms with E-state index in [1.807, 2.05) is 13.0 Å². The molecule has 31 heavy (non-hydrogen) atoms. The van der Waals surface area contributed by atoms with E-state index in [0.29, 0.717) is 49.3 Å². The van der Waals surface area contributed by atoms with Crippen molar-refractivity contribution in [2.45, 2.75) is 51.7 Å². The fraction of sp³-hybridized carbons (Fsp3) is 0.478. The lowest BCUT2D eigenvalue weighted by Crippen LogP contribution is -2.39. The summed E-state index contributed by atoms with van der Waals surface area (Å²) in [5.74, 6) is -0.0813. The van der Waals surface area contributed by atoms with Gasteiger partial charge in [-0.1, -0.05) is 18.2 Å². The van der Waals surface area contributed by atoms with Crippen LogP contribution < -0.4 is 0 Å². The monoisotopic (exact) mass is 432 g/mol. The van der Waals surface area contributed by atoms with Gasteiger partial charge in [-0.2, -0.15) is 18.3 Å². The lowest BCUT2D eigenvalue weighted by Gasteiger charge is -2.33. The van der Waals surface area contributed by atoms with Crippen LogP contribution in [0.5, 0.6) is 0 Å². The van der Waals surface area contributed by atoms with Crippen LogP contribution >= 0.6 is 0 Å². The summed E-state index contributed by atoms with van der Waals surface area (Å²) in [6, 6.07) is 4.26. The van der Waals surface area contributed by atoms with Crippen molar-refractivity contribution in [2.24, 2.45) is 0 Å². The number of piperidine rings is 1. The highest BCUT2D eigenvalue weighted by Crippen LogP contribution is 2.35. The molecule has 0 atom stereocenters. The number of likely N-dealkylation sites (tertiary alicyclic amines) is 1. The zero-order valence-electron chi connectivity index (χ0n) is 17.9. The van der Waals surface area contributed by atoms with Crippen LogP contribution in [-0.4, -0.2) is 45.5 Å². The van der Waals surface area contributed by atoms with Crippen LogP contribution in [0.1, 0.15) is 64.1 Å². The van der Waals surface area contributed by atoms with Gasteiger partial charge >= 0.3 is 6.18 Å². The minimum Gasteiger partial charge on any atom is -0.369 e. The molecule has 1 amide bonds. The van der Waals surface area contributed by atoms with E-state index >= 15 is 0 Å². The molecule has 2 aliphatic rings. The number of aromatic amines is 1. The number of fused-ring (bicyclic) bond motifs is 1. The maximum Gasteiger partial charge on any atom is 0.416 e. The van der Waals surface area contributed by atoms with Crippen LogP contribution in [0.15, 0.2) is 30.5 Å². The predicted molar refractivity (Wildman–Crippen MR) is 112 cm³/mol. The molecule has 0 bridgehead atoms. The van der Waals surface area contributed by atoms with Crippen molar-refractivity contribution in [3.63, 3.8) is 0 Å². The summed E-state index contributed by atoms with van der Waals surface area (Å²) in [7, 11) is 0. The average molecular weight is 432 g/mol. The summed E-state index contributed by atoms with van der Waals surface area (Å²) in [5, 5.41) is 7.30. The molecule has 4 rings (SSSR count). The van der Waals surface area contributed by atoms with Crippen molar-refractivity contribution in [1.82, 2.24) is 20.0 Å². The Bertz CT molecular complexity index is 1000. The van der Waals surface area contributed by atoms with Crippen molar-refractivity contribution in [2.75, 3.05) is 19.6 Å². The standard InChI is InChI=1S/C23H27F3N4O/c1-14(2)30-9-6-19-20(13-30)27-28-21(19)22(31)29-7-4-16(5-8-29)17-10-15(3)11-18(12-17)23(24,25)26/h10-12,16H,1,4-9,13H2,2-3H3,(H,27,28). The zero-order valence-corrected chi connectivity index (χ0v) is 17.9. The van der Waals surface area contributed by atoms with Gasteiger partial charge in [-0.3, -0.25) is 9.89 Å². The number of carbonyl (C=O) groups is 1. The number of rotatable bonds is 3. The van der Waals surface area contributed by atoms with Gasteiger partial charge in [-0.05, 0) is 56.7 Å². The highest BCUT2D eigenvalue weighted by Gasteiger charge is 2.33. The van der Waals surface area contributed by atoms with Crippen LogP contribution in [0.3, 0.4) is 0 Å². The molecule has 1 saturated heterocycles.